The smallest absolute Gasteiger partial charge is 0.324 e. The standard InChI is InChI=1S/C19H36N2O2/c1-5-15(3)20-13-9-7-11-17(20)19(22)23-18-12-8-10-14-21(18)16(4)6-2/h15-18H,5-14H2,1-4H3. The van der Waals surface area contributed by atoms with E-state index in [1.165, 1.54) is 19.3 Å². The highest BCUT2D eigenvalue weighted by atomic mass is 16.6. The summed E-state index contributed by atoms with van der Waals surface area (Å²) < 4.78 is 6.04. The van der Waals surface area contributed by atoms with E-state index in [1.807, 2.05) is 0 Å². The third-order valence-electron chi connectivity index (χ3n) is 5.87. The summed E-state index contributed by atoms with van der Waals surface area (Å²) in [6, 6.07) is 0.925. The van der Waals surface area contributed by atoms with E-state index < -0.39 is 0 Å². The minimum atomic E-state index is -0.0283. The van der Waals surface area contributed by atoms with Crippen LogP contribution in [0.3, 0.4) is 0 Å². The number of ether oxygens (including phenoxy) is 1. The summed E-state index contributed by atoms with van der Waals surface area (Å²) in [4.78, 5) is 17.6. The third kappa shape index (κ3) is 4.69. The van der Waals surface area contributed by atoms with Crippen LogP contribution in [0.4, 0.5) is 0 Å². The van der Waals surface area contributed by atoms with Crippen molar-refractivity contribution >= 4 is 5.97 Å². The van der Waals surface area contributed by atoms with Crippen molar-refractivity contribution in [3.63, 3.8) is 0 Å². The van der Waals surface area contributed by atoms with Gasteiger partial charge in [-0.3, -0.25) is 14.6 Å². The third-order valence-corrected chi connectivity index (χ3v) is 5.87. The highest BCUT2D eigenvalue weighted by Gasteiger charge is 2.36. The van der Waals surface area contributed by atoms with Gasteiger partial charge in [0.2, 0.25) is 0 Å². The van der Waals surface area contributed by atoms with E-state index in [0.29, 0.717) is 12.1 Å². The molecule has 2 aliphatic heterocycles. The molecule has 4 unspecified atom stereocenters. The molecule has 0 N–H and O–H groups in total. The fourth-order valence-electron chi connectivity index (χ4n) is 3.97. The molecular formula is C19H36N2O2. The zero-order valence-corrected chi connectivity index (χ0v) is 15.6. The fraction of sp³-hybridized carbons (Fsp3) is 0.947. The first-order valence-corrected chi connectivity index (χ1v) is 9.80. The van der Waals surface area contributed by atoms with Gasteiger partial charge in [-0.25, -0.2) is 0 Å². The summed E-state index contributed by atoms with van der Waals surface area (Å²) in [6.07, 6.45) is 8.88. The predicted octanol–water partition coefficient (Wildman–Crippen LogP) is 3.79. The predicted molar refractivity (Wildman–Crippen MR) is 94.3 cm³/mol. The molecule has 2 fully saturated rings. The molecule has 0 spiro atoms. The number of esters is 1. The second-order valence-electron chi connectivity index (χ2n) is 7.39. The van der Waals surface area contributed by atoms with E-state index in [0.717, 1.165) is 45.2 Å². The van der Waals surface area contributed by atoms with E-state index in [1.54, 1.807) is 0 Å². The van der Waals surface area contributed by atoms with Crippen molar-refractivity contribution in [2.75, 3.05) is 13.1 Å². The number of nitrogens with zero attached hydrogens (tertiary/aromatic N) is 2. The summed E-state index contributed by atoms with van der Waals surface area (Å²) in [6.45, 7) is 11.0. The molecule has 0 aliphatic carbocycles. The molecule has 0 radical (unpaired) electrons. The van der Waals surface area contributed by atoms with Gasteiger partial charge < -0.3 is 4.74 Å². The van der Waals surface area contributed by atoms with E-state index in [4.69, 9.17) is 4.74 Å². The first-order chi connectivity index (χ1) is 11.1. The van der Waals surface area contributed by atoms with Gasteiger partial charge in [0.05, 0.1) is 0 Å². The Morgan fingerprint density at radius 2 is 1.52 bits per heavy atom. The lowest BCUT2D eigenvalue weighted by Gasteiger charge is -2.42. The van der Waals surface area contributed by atoms with Gasteiger partial charge in [-0.1, -0.05) is 20.3 Å². The summed E-state index contributed by atoms with van der Waals surface area (Å²) in [7, 11) is 0. The highest BCUT2D eigenvalue weighted by Crippen LogP contribution is 2.26. The number of hydrogen-bond acceptors (Lipinski definition) is 4. The molecule has 134 valence electrons. The van der Waals surface area contributed by atoms with Crippen molar-refractivity contribution < 1.29 is 9.53 Å². The van der Waals surface area contributed by atoms with Crippen LogP contribution < -0.4 is 0 Å². The van der Waals surface area contributed by atoms with E-state index in [9.17, 15) is 4.79 Å². The molecule has 4 nitrogen and oxygen atoms in total. The molecule has 2 saturated heterocycles. The average Bonchev–Trinajstić information content (AvgIpc) is 2.60. The van der Waals surface area contributed by atoms with Crippen LogP contribution in [0.1, 0.15) is 79.1 Å². The Morgan fingerprint density at radius 1 is 0.957 bits per heavy atom. The lowest BCUT2D eigenvalue weighted by atomic mass is 9.99. The molecule has 23 heavy (non-hydrogen) atoms. The van der Waals surface area contributed by atoms with Crippen molar-refractivity contribution in [3.8, 4) is 0 Å². The van der Waals surface area contributed by atoms with Gasteiger partial charge in [-0.15, -0.1) is 0 Å². The first kappa shape index (κ1) is 18.7. The number of carbonyl (C=O) groups excluding carboxylic acids is 1. The van der Waals surface area contributed by atoms with Crippen molar-refractivity contribution in [1.29, 1.82) is 0 Å². The van der Waals surface area contributed by atoms with Crippen LogP contribution in [0.15, 0.2) is 0 Å². The minimum Gasteiger partial charge on any atom is -0.445 e. The Bertz CT molecular complexity index is 374. The number of likely N-dealkylation sites (tertiary alicyclic amines) is 2. The zero-order chi connectivity index (χ0) is 16.8. The van der Waals surface area contributed by atoms with Crippen LogP contribution in [0, 0.1) is 0 Å². The second-order valence-corrected chi connectivity index (χ2v) is 7.39. The largest absolute Gasteiger partial charge is 0.445 e. The molecule has 0 amide bonds. The first-order valence-electron chi connectivity index (χ1n) is 9.80. The second kappa shape index (κ2) is 9.03. The zero-order valence-electron chi connectivity index (χ0n) is 15.6. The number of carbonyl (C=O) groups is 1. The molecule has 0 aromatic rings. The van der Waals surface area contributed by atoms with Crippen LogP contribution in [0.25, 0.3) is 0 Å². The van der Waals surface area contributed by atoms with Gasteiger partial charge in [0.1, 0.15) is 6.04 Å². The van der Waals surface area contributed by atoms with Gasteiger partial charge in [-0.2, -0.15) is 0 Å². The maximum atomic E-state index is 12.9. The molecule has 4 atom stereocenters. The number of piperidine rings is 2. The molecule has 4 heteroatoms. The molecule has 2 aliphatic rings. The van der Waals surface area contributed by atoms with Crippen LogP contribution >= 0.6 is 0 Å². The normalized spacial score (nSPS) is 29.9. The summed E-state index contributed by atoms with van der Waals surface area (Å²) >= 11 is 0. The lowest BCUT2D eigenvalue weighted by molar-refractivity contribution is -0.174. The highest BCUT2D eigenvalue weighted by molar-refractivity contribution is 5.76. The molecule has 0 aromatic heterocycles. The van der Waals surface area contributed by atoms with Gasteiger partial charge in [-0.05, 0) is 65.3 Å². The molecule has 2 rings (SSSR count). The van der Waals surface area contributed by atoms with Crippen molar-refractivity contribution in [2.45, 2.75) is 103 Å². The van der Waals surface area contributed by atoms with E-state index in [-0.39, 0.29) is 18.2 Å². The van der Waals surface area contributed by atoms with Crippen molar-refractivity contribution in [2.24, 2.45) is 0 Å². The molecular weight excluding hydrogens is 288 g/mol. The van der Waals surface area contributed by atoms with Crippen LogP contribution in [0.5, 0.6) is 0 Å². The Labute approximate surface area is 142 Å². The molecule has 2 heterocycles. The number of hydrogen-bond donors (Lipinski definition) is 0. The van der Waals surface area contributed by atoms with Crippen molar-refractivity contribution in [3.05, 3.63) is 0 Å². The Hall–Kier alpha value is -0.610. The van der Waals surface area contributed by atoms with E-state index in [2.05, 4.69) is 37.5 Å². The molecule has 0 saturated carbocycles. The Morgan fingerprint density at radius 3 is 2.17 bits per heavy atom. The summed E-state index contributed by atoms with van der Waals surface area (Å²) in [5.74, 6) is 0.0187. The van der Waals surface area contributed by atoms with Crippen LogP contribution in [-0.2, 0) is 9.53 Å². The van der Waals surface area contributed by atoms with E-state index >= 15 is 0 Å². The number of rotatable bonds is 6. The average molecular weight is 325 g/mol. The SMILES string of the molecule is CCC(C)N1CCCCC1OC(=O)C1CCCCN1C(C)CC. The maximum Gasteiger partial charge on any atom is 0.324 e. The fourth-order valence-corrected chi connectivity index (χ4v) is 3.97. The van der Waals surface area contributed by atoms with Crippen LogP contribution in [0.2, 0.25) is 0 Å². The van der Waals surface area contributed by atoms with Gasteiger partial charge in [0.25, 0.3) is 0 Å². The molecule has 0 bridgehead atoms. The topological polar surface area (TPSA) is 32.8 Å². The van der Waals surface area contributed by atoms with Crippen LogP contribution in [-0.4, -0.2) is 53.2 Å². The Balaban J connectivity index is 2.00. The lowest BCUT2D eigenvalue weighted by Crippen LogP contribution is -2.53. The monoisotopic (exact) mass is 324 g/mol. The summed E-state index contributed by atoms with van der Waals surface area (Å²) in [5.41, 5.74) is 0. The molecule has 0 aromatic carbocycles. The van der Waals surface area contributed by atoms with Gasteiger partial charge >= 0.3 is 5.97 Å². The Kier molecular flexibility index (Phi) is 7.35. The minimum absolute atomic E-state index is 0.00749. The quantitative estimate of drug-likeness (QED) is 0.696. The van der Waals surface area contributed by atoms with Crippen molar-refractivity contribution in [1.82, 2.24) is 9.80 Å². The summed E-state index contributed by atoms with van der Waals surface area (Å²) in [5, 5.41) is 0. The van der Waals surface area contributed by atoms with Gasteiger partial charge in [0.15, 0.2) is 6.23 Å². The van der Waals surface area contributed by atoms with Gasteiger partial charge in [0, 0.05) is 18.6 Å². The maximum absolute atomic E-state index is 12.9.